The monoisotopic (exact) mass is 194 g/mol. The lowest BCUT2D eigenvalue weighted by Crippen LogP contribution is -2.13. The summed E-state index contributed by atoms with van der Waals surface area (Å²) in [5, 5.41) is 0. The summed E-state index contributed by atoms with van der Waals surface area (Å²) in [5.41, 5.74) is 4.09. The highest BCUT2D eigenvalue weighted by atomic mass is 16.1. The van der Waals surface area contributed by atoms with Crippen LogP contribution in [0.15, 0.2) is 42.0 Å². The van der Waals surface area contributed by atoms with Gasteiger partial charge in [-0.05, 0) is 29.6 Å². The van der Waals surface area contributed by atoms with Crippen LogP contribution in [0.1, 0.15) is 28.8 Å². The molecule has 0 N–H and O–H groups in total. The van der Waals surface area contributed by atoms with Crippen LogP contribution in [0.2, 0.25) is 0 Å². The van der Waals surface area contributed by atoms with Crippen LogP contribution in [0, 0.1) is 6.42 Å². The van der Waals surface area contributed by atoms with E-state index in [9.17, 15) is 4.79 Å². The highest BCUT2D eigenvalue weighted by Crippen LogP contribution is 2.35. The Morgan fingerprint density at radius 3 is 2.80 bits per heavy atom. The average molecular weight is 194 g/mol. The summed E-state index contributed by atoms with van der Waals surface area (Å²) in [6.07, 6.45) is 9.18. The zero-order valence-corrected chi connectivity index (χ0v) is 8.29. The summed E-state index contributed by atoms with van der Waals surface area (Å²) >= 11 is 0. The van der Waals surface area contributed by atoms with Crippen LogP contribution in [0.4, 0.5) is 0 Å². The minimum absolute atomic E-state index is 0.0275. The molecule has 1 heteroatoms. The number of rotatable bonds is 0. The maximum Gasteiger partial charge on any atom is 0.176 e. The Balaban J connectivity index is 2.25. The number of carbonyl (C=O) groups excluding carboxylic acids is 1. The second kappa shape index (κ2) is 3.20. The van der Waals surface area contributed by atoms with E-state index in [-0.39, 0.29) is 5.78 Å². The van der Waals surface area contributed by atoms with Gasteiger partial charge in [-0.25, -0.2) is 0 Å². The van der Waals surface area contributed by atoms with Gasteiger partial charge in [-0.3, -0.25) is 4.79 Å². The molecule has 1 nitrogen and oxygen atoms in total. The van der Waals surface area contributed by atoms with E-state index >= 15 is 0 Å². The Morgan fingerprint density at radius 2 is 1.93 bits per heavy atom. The lowest BCUT2D eigenvalue weighted by molar-refractivity contribution is 0.103. The van der Waals surface area contributed by atoms with Gasteiger partial charge >= 0.3 is 0 Å². The van der Waals surface area contributed by atoms with Gasteiger partial charge in [0.25, 0.3) is 0 Å². The van der Waals surface area contributed by atoms with Gasteiger partial charge in [0.15, 0.2) is 5.78 Å². The van der Waals surface area contributed by atoms with Crippen molar-refractivity contribution >= 4 is 11.4 Å². The molecular weight excluding hydrogens is 184 g/mol. The van der Waals surface area contributed by atoms with E-state index in [2.05, 4.69) is 18.6 Å². The molecule has 1 aromatic rings. The second-order valence-electron chi connectivity index (χ2n) is 3.83. The smallest absolute Gasteiger partial charge is 0.176 e. The van der Waals surface area contributed by atoms with Crippen LogP contribution in [0.25, 0.3) is 5.57 Å². The summed E-state index contributed by atoms with van der Waals surface area (Å²) in [5.74, 6) is 0.0275. The Bertz CT molecular complexity index is 492. The molecule has 1 aromatic carbocycles. The molecular formula is C14H10O. The van der Waals surface area contributed by atoms with Crippen molar-refractivity contribution < 1.29 is 4.79 Å². The maximum absolute atomic E-state index is 11.8. The molecule has 0 saturated heterocycles. The molecule has 0 spiro atoms. The molecule has 0 fully saturated rings. The van der Waals surface area contributed by atoms with E-state index in [1.807, 2.05) is 24.3 Å². The molecule has 2 aliphatic carbocycles. The summed E-state index contributed by atoms with van der Waals surface area (Å²) in [7, 11) is 0. The number of hydrogen-bond acceptors (Lipinski definition) is 1. The number of ketones is 1. The number of Topliss-reactive ketones (excluding diaryl/α,β-unsaturated/α-hetero) is 1. The second-order valence-corrected chi connectivity index (χ2v) is 3.83. The number of hydrogen-bond donors (Lipinski definition) is 0. The maximum atomic E-state index is 11.8. The fourth-order valence-corrected chi connectivity index (χ4v) is 2.17. The molecule has 2 radical (unpaired) electrons. The number of benzene rings is 1. The van der Waals surface area contributed by atoms with Gasteiger partial charge in [-0.1, -0.05) is 36.4 Å². The van der Waals surface area contributed by atoms with Crippen molar-refractivity contribution in [1.82, 2.24) is 0 Å². The van der Waals surface area contributed by atoms with Gasteiger partial charge in [0.05, 0.1) is 6.42 Å². The van der Waals surface area contributed by atoms with Crippen LogP contribution in [-0.4, -0.2) is 5.78 Å². The van der Waals surface area contributed by atoms with Crippen molar-refractivity contribution in [3.05, 3.63) is 59.5 Å². The van der Waals surface area contributed by atoms with E-state index in [1.165, 1.54) is 5.57 Å². The van der Waals surface area contributed by atoms with Gasteiger partial charge in [0, 0.05) is 5.56 Å². The van der Waals surface area contributed by atoms with E-state index in [1.54, 1.807) is 0 Å². The zero-order valence-electron chi connectivity index (χ0n) is 8.29. The van der Waals surface area contributed by atoms with Crippen LogP contribution < -0.4 is 0 Å². The van der Waals surface area contributed by atoms with E-state index in [0.29, 0.717) is 0 Å². The topological polar surface area (TPSA) is 17.1 Å². The summed E-state index contributed by atoms with van der Waals surface area (Å²) in [6.45, 7) is 0. The van der Waals surface area contributed by atoms with Gasteiger partial charge in [0.2, 0.25) is 0 Å². The van der Waals surface area contributed by atoms with Crippen LogP contribution >= 0.6 is 0 Å². The first-order valence-corrected chi connectivity index (χ1v) is 5.17. The molecule has 0 aliphatic heterocycles. The predicted molar refractivity (Wildman–Crippen MR) is 59.3 cm³/mol. The lowest BCUT2D eigenvalue weighted by Gasteiger charge is -2.22. The Kier molecular flexibility index (Phi) is 1.84. The molecule has 3 rings (SSSR count). The number of carbonyl (C=O) groups is 1. The Morgan fingerprint density at radius 1 is 1.13 bits per heavy atom. The molecule has 15 heavy (non-hydrogen) atoms. The average Bonchev–Trinajstić information content (AvgIpc) is 2.30. The standard InChI is InChI=1S/C14H10O/c15-14-9-10-5-1-2-6-11(10)12-7-3-4-8-13(12)14/h2-4,6-8H,1,5H2. The third kappa shape index (κ3) is 1.27. The van der Waals surface area contributed by atoms with Crippen molar-refractivity contribution in [3.8, 4) is 0 Å². The first-order valence-electron chi connectivity index (χ1n) is 5.17. The number of allylic oxidation sites excluding steroid dienone is 4. The lowest BCUT2D eigenvalue weighted by atomic mass is 9.81. The minimum Gasteiger partial charge on any atom is -0.293 e. The Hall–Kier alpha value is -1.63. The summed E-state index contributed by atoms with van der Waals surface area (Å²) in [4.78, 5) is 11.8. The van der Waals surface area contributed by atoms with E-state index < -0.39 is 0 Å². The molecule has 0 bridgehead atoms. The minimum atomic E-state index is 0.0275. The quantitative estimate of drug-likeness (QED) is 0.620. The third-order valence-corrected chi connectivity index (χ3v) is 2.90. The molecule has 72 valence electrons. The predicted octanol–water partition coefficient (Wildman–Crippen LogP) is 3.07. The molecule has 0 amide bonds. The fraction of sp³-hybridized carbons (Fsp3) is 0.143. The molecule has 2 aliphatic rings. The largest absolute Gasteiger partial charge is 0.293 e. The van der Waals surface area contributed by atoms with Crippen molar-refractivity contribution in [2.24, 2.45) is 0 Å². The van der Waals surface area contributed by atoms with Gasteiger partial charge < -0.3 is 0 Å². The van der Waals surface area contributed by atoms with Gasteiger partial charge in [0.1, 0.15) is 0 Å². The molecule has 0 atom stereocenters. The molecule has 0 heterocycles. The van der Waals surface area contributed by atoms with Crippen LogP contribution in [-0.2, 0) is 0 Å². The van der Waals surface area contributed by atoms with Crippen LogP contribution in [0.3, 0.4) is 0 Å². The normalized spacial score (nSPS) is 18.8. The highest BCUT2D eigenvalue weighted by molar-refractivity contribution is 6.13. The van der Waals surface area contributed by atoms with Gasteiger partial charge in [-0.2, -0.15) is 0 Å². The van der Waals surface area contributed by atoms with Crippen molar-refractivity contribution in [3.63, 3.8) is 0 Å². The summed E-state index contributed by atoms with van der Waals surface area (Å²) < 4.78 is 0. The van der Waals surface area contributed by atoms with E-state index in [4.69, 9.17) is 0 Å². The van der Waals surface area contributed by atoms with Crippen LogP contribution in [0.5, 0.6) is 0 Å². The van der Waals surface area contributed by atoms with Gasteiger partial charge in [-0.15, -0.1) is 0 Å². The first-order chi connectivity index (χ1) is 7.36. The van der Waals surface area contributed by atoms with Crippen molar-refractivity contribution in [2.45, 2.75) is 12.8 Å². The first kappa shape index (κ1) is 8.66. The SMILES string of the molecule is O=C1[C]C2=C(C=CCC2)c2ccccc21. The van der Waals surface area contributed by atoms with Crippen molar-refractivity contribution in [1.29, 1.82) is 0 Å². The Labute approximate surface area is 89.1 Å². The number of fused-ring (bicyclic) bond motifs is 2. The summed E-state index contributed by atoms with van der Waals surface area (Å²) in [6, 6.07) is 7.76. The molecule has 0 unspecified atom stereocenters. The third-order valence-electron chi connectivity index (χ3n) is 2.90. The fourth-order valence-electron chi connectivity index (χ4n) is 2.17. The van der Waals surface area contributed by atoms with Crippen molar-refractivity contribution in [2.75, 3.05) is 0 Å². The van der Waals surface area contributed by atoms with E-state index in [0.717, 1.165) is 29.5 Å². The molecule has 0 aromatic heterocycles. The highest BCUT2D eigenvalue weighted by Gasteiger charge is 2.24. The zero-order chi connectivity index (χ0) is 10.3. The molecule has 0 saturated carbocycles.